The minimum absolute atomic E-state index is 0.274. The average Bonchev–Trinajstić information content (AvgIpc) is 3.38. The molecule has 0 amide bonds. The van der Waals surface area contributed by atoms with Gasteiger partial charge in [-0.05, 0) is 49.1 Å². The van der Waals surface area contributed by atoms with Crippen LogP contribution in [0.2, 0.25) is 10.0 Å². The van der Waals surface area contributed by atoms with E-state index in [0.717, 1.165) is 23.4 Å². The predicted molar refractivity (Wildman–Crippen MR) is 98.2 cm³/mol. The molecule has 0 spiro atoms. The third-order valence-corrected chi connectivity index (χ3v) is 5.06. The molecule has 3 rings (SSSR count). The number of oxime groups is 1. The van der Waals surface area contributed by atoms with Gasteiger partial charge in [0, 0.05) is 21.5 Å². The Morgan fingerprint density at radius 2 is 1.79 bits per heavy atom. The maximum atomic E-state index is 6.12. The van der Waals surface area contributed by atoms with E-state index in [1.807, 2.05) is 25.1 Å². The summed E-state index contributed by atoms with van der Waals surface area (Å²) in [5, 5.41) is 5.44. The quantitative estimate of drug-likeness (QED) is 0.486. The fraction of sp³-hybridized carbons (Fsp3) is 0.316. The van der Waals surface area contributed by atoms with Gasteiger partial charge in [0.1, 0.15) is 12.4 Å². The normalized spacial score (nSPS) is 19.9. The molecule has 2 aromatic carbocycles. The van der Waals surface area contributed by atoms with Gasteiger partial charge in [-0.25, -0.2) is 0 Å². The summed E-state index contributed by atoms with van der Waals surface area (Å²) in [4.78, 5) is 5.46. The SMILES string of the molecule is COc1ccc([C@H]2C[C@H]2/C(C)=N\OCc2c(Cl)cccc2Cl)cc1. The lowest BCUT2D eigenvalue weighted by atomic mass is 10.1. The Morgan fingerprint density at radius 3 is 2.42 bits per heavy atom. The van der Waals surface area contributed by atoms with Crippen molar-refractivity contribution in [1.29, 1.82) is 0 Å². The molecule has 2 atom stereocenters. The Morgan fingerprint density at radius 1 is 1.12 bits per heavy atom. The summed E-state index contributed by atoms with van der Waals surface area (Å²) in [5.74, 6) is 1.81. The van der Waals surface area contributed by atoms with Crippen LogP contribution in [0.25, 0.3) is 0 Å². The van der Waals surface area contributed by atoms with Crippen LogP contribution in [0, 0.1) is 5.92 Å². The molecule has 1 saturated carbocycles. The van der Waals surface area contributed by atoms with Crippen LogP contribution in [0.15, 0.2) is 47.6 Å². The predicted octanol–water partition coefficient (Wildman–Crippen LogP) is 5.70. The van der Waals surface area contributed by atoms with Crippen molar-refractivity contribution in [2.45, 2.75) is 25.9 Å². The molecule has 3 nitrogen and oxygen atoms in total. The van der Waals surface area contributed by atoms with Crippen LogP contribution < -0.4 is 4.74 Å². The number of ether oxygens (including phenoxy) is 1. The topological polar surface area (TPSA) is 30.8 Å². The van der Waals surface area contributed by atoms with E-state index in [1.165, 1.54) is 5.56 Å². The zero-order chi connectivity index (χ0) is 17.1. The minimum atomic E-state index is 0.274. The third kappa shape index (κ3) is 3.85. The van der Waals surface area contributed by atoms with E-state index in [1.54, 1.807) is 19.2 Å². The number of benzene rings is 2. The van der Waals surface area contributed by atoms with Crippen LogP contribution in [-0.2, 0) is 11.4 Å². The number of hydrogen-bond donors (Lipinski definition) is 0. The highest BCUT2D eigenvalue weighted by molar-refractivity contribution is 6.35. The van der Waals surface area contributed by atoms with Crippen LogP contribution >= 0.6 is 23.2 Å². The molecule has 0 radical (unpaired) electrons. The van der Waals surface area contributed by atoms with E-state index >= 15 is 0 Å². The van der Waals surface area contributed by atoms with Crippen molar-refractivity contribution in [3.8, 4) is 5.75 Å². The molecule has 5 heteroatoms. The van der Waals surface area contributed by atoms with Crippen LogP contribution in [0.4, 0.5) is 0 Å². The lowest BCUT2D eigenvalue weighted by molar-refractivity contribution is 0.129. The lowest BCUT2D eigenvalue weighted by Crippen LogP contribution is -1.99. The molecule has 2 aromatic rings. The summed E-state index contributed by atoms with van der Waals surface area (Å²) < 4.78 is 5.19. The zero-order valence-electron chi connectivity index (χ0n) is 13.6. The minimum Gasteiger partial charge on any atom is -0.497 e. The van der Waals surface area contributed by atoms with Crippen molar-refractivity contribution in [2.24, 2.45) is 11.1 Å². The lowest BCUT2D eigenvalue weighted by Gasteiger charge is -2.06. The van der Waals surface area contributed by atoms with Crippen molar-refractivity contribution >= 4 is 28.9 Å². The fourth-order valence-corrected chi connectivity index (χ4v) is 3.32. The van der Waals surface area contributed by atoms with Gasteiger partial charge in [-0.15, -0.1) is 0 Å². The zero-order valence-corrected chi connectivity index (χ0v) is 15.1. The highest BCUT2D eigenvalue weighted by Crippen LogP contribution is 2.48. The van der Waals surface area contributed by atoms with Gasteiger partial charge in [-0.3, -0.25) is 0 Å². The first-order valence-electron chi connectivity index (χ1n) is 7.83. The van der Waals surface area contributed by atoms with Gasteiger partial charge >= 0.3 is 0 Å². The molecule has 126 valence electrons. The van der Waals surface area contributed by atoms with Gasteiger partial charge in [0.25, 0.3) is 0 Å². The highest BCUT2D eigenvalue weighted by atomic mass is 35.5. The van der Waals surface area contributed by atoms with Crippen LogP contribution in [0.1, 0.15) is 30.4 Å². The first-order chi connectivity index (χ1) is 11.6. The van der Waals surface area contributed by atoms with Gasteiger partial charge < -0.3 is 9.57 Å². The molecular formula is C19H19Cl2NO2. The Bertz CT molecular complexity index is 723. The smallest absolute Gasteiger partial charge is 0.145 e. The van der Waals surface area contributed by atoms with E-state index in [9.17, 15) is 0 Å². The largest absolute Gasteiger partial charge is 0.497 e. The Labute approximate surface area is 152 Å². The monoisotopic (exact) mass is 363 g/mol. The van der Waals surface area contributed by atoms with Crippen LogP contribution in [-0.4, -0.2) is 12.8 Å². The summed E-state index contributed by atoms with van der Waals surface area (Å²) in [6.45, 7) is 2.28. The molecule has 1 fully saturated rings. The maximum Gasteiger partial charge on any atom is 0.145 e. The highest BCUT2D eigenvalue weighted by Gasteiger charge is 2.40. The molecule has 0 bridgehead atoms. The van der Waals surface area contributed by atoms with Crippen molar-refractivity contribution in [2.75, 3.05) is 7.11 Å². The summed E-state index contributed by atoms with van der Waals surface area (Å²) in [6.07, 6.45) is 1.10. The van der Waals surface area contributed by atoms with Crippen molar-refractivity contribution < 1.29 is 9.57 Å². The standard InChI is InChI=1S/C19H19Cl2NO2/c1-12(22-24-11-17-18(20)4-3-5-19(17)21)15-10-16(15)13-6-8-14(23-2)9-7-13/h3-9,15-16H,10-11H2,1-2H3/b22-12-/t15-,16+/m0/s1. The number of rotatable bonds is 6. The van der Waals surface area contributed by atoms with Gasteiger partial charge in [-0.1, -0.05) is 46.6 Å². The average molecular weight is 364 g/mol. The van der Waals surface area contributed by atoms with E-state index < -0.39 is 0 Å². The molecule has 0 aromatic heterocycles. The van der Waals surface area contributed by atoms with E-state index in [-0.39, 0.29) is 6.61 Å². The number of methoxy groups -OCH3 is 1. The molecule has 1 aliphatic rings. The van der Waals surface area contributed by atoms with Gasteiger partial charge in [-0.2, -0.15) is 0 Å². The Kier molecular flexibility index (Phi) is 5.32. The summed E-state index contributed by atoms with van der Waals surface area (Å²) in [5.41, 5.74) is 3.07. The molecule has 0 unspecified atom stereocenters. The summed E-state index contributed by atoms with van der Waals surface area (Å²) in [6, 6.07) is 13.6. The van der Waals surface area contributed by atoms with Crippen LogP contribution in [0.3, 0.4) is 0 Å². The van der Waals surface area contributed by atoms with E-state index in [0.29, 0.717) is 21.9 Å². The van der Waals surface area contributed by atoms with E-state index in [4.69, 9.17) is 32.8 Å². The molecular weight excluding hydrogens is 345 g/mol. The van der Waals surface area contributed by atoms with Gasteiger partial charge in [0.15, 0.2) is 0 Å². The van der Waals surface area contributed by atoms with Crippen molar-refractivity contribution in [3.63, 3.8) is 0 Å². The second-order valence-electron chi connectivity index (χ2n) is 5.93. The molecule has 0 heterocycles. The Balaban J connectivity index is 1.57. The fourth-order valence-electron chi connectivity index (χ4n) is 2.81. The van der Waals surface area contributed by atoms with Gasteiger partial charge in [0.2, 0.25) is 0 Å². The van der Waals surface area contributed by atoms with Crippen LogP contribution in [0.5, 0.6) is 5.75 Å². The second-order valence-corrected chi connectivity index (χ2v) is 6.74. The number of hydrogen-bond acceptors (Lipinski definition) is 3. The molecule has 0 N–H and O–H groups in total. The summed E-state index contributed by atoms with van der Waals surface area (Å²) in [7, 11) is 1.67. The maximum absolute atomic E-state index is 6.12. The second kappa shape index (κ2) is 7.45. The van der Waals surface area contributed by atoms with E-state index in [2.05, 4.69) is 17.3 Å². The molecule has 1 aliphatic carbocycles. The number of nitrogens with zero attached hydrogens (tertiary/aromatic N) is 1. The molecule has 24 heavy (non-hydrogen) atoms. The third-order valence-electron chi connectivity index (χ3n) is 4.35. The summed E-state index contributed by atoms with van der Waals surface area (Å²) >= 11 is 12.2. The van der Waals surface area contributed by atoms with Gasteiger partial charge in [0.05, 0.1) is 12.8 Å². The van der Waals surface area contributed by atoms with Crippen molar-refractivity contribution in [1.82, 2.24) is 0 Å². The molecule has 0 aliphatic heterocycles. The number of halogens is 2. The first kappa shape index (κ1) is 17.1. The van der Waals surface area contributed by atoms with Crippen molar-refractivity contribution in [3.05, 3.63) is 63.6 Å². The first-order valence-corrected chi connectivity index (χ1v) is 8.59. The Hall–Kier alpha value is -1.71. The molecule has 0 saturated heterocycles.